The van der Waals surface area contributed by atoms with E-state index in [1.807, 2.05) is 83.6 Å². The van der Waals surface area contributed by atoms with Crippen molar-refractivity contribution in [1.82, 2.24) is 19.8 Å². The number of aromatic nitrogens is 2. The maximum atomic E-state index is 13.4. The van der Waals surface area contributed by atoms with Gasteiger partial charge in [-0.05, 0) is 41.3 Å². The number of imidazole rings is 1. The van der Waals surface area contributed by atoms with E-state index >= 15 is 0 Å². The van der Waals surface area contributed by atoms with Gasteiger partial charge in [0.05, 0.1) is 32.2 Å². The molecule has 0 bridgehead atoms. The van der Waals surface area contributed by atoms with Gasteiger partial charge in [0.25, 0.3) is 0 Å². The van der Waals surface area contributed by atoms with Gasteiger partial charge in [-0.3, -0.25) is 14.5 Å². The maximum absolute atomic E-state index is 13.4. The molecule has 4 aromatic carbocycles. The highest BCUT2D eigenvalue weighted by atomic mass is 16.5. The number of nitrogens with one attached hydrogen (secondary N) is 2. The zero-order chi connectivity index (χ0) is 34.9. The summed E-state index contributed by atoms with van der Waals surface area (Å²) in [5.41, 5.74) is 5.12. The smallest absolute Gasteiger partial charge is 0.328 e. The van der Waals surface area contributed by atoms with Crippen molar-refractivity contribution < 1.29 is 24.2 Å². The van der Waals surface area contributed by atoms with Crippen molar-refractivity contribution in [1.29, 1.82) is 0 Å². The minimum Gasteiger partial charge on any atom is -0.480 e. The van der Waals surface area contributed by atoms with Crippen molar-refractivity contribution in [2.75, 3.05) is 38.6 Å². The average molecular weight is 672 g/mol. The van der Waals surface area contributed by atoms with Crippen molar-refractivity contribution >= 4 is 23.5 Å². The van der Waals surface area contributed by atoms with Gasteiger partial charge in [0.1, 0.15) is 11.6 Å². The van der Waals surface area contributed by atoms with E-state index < -0.39 is 29.4 Å². The van der Waals surface area contributed by atoms with Crippen LogP contribution >= 0.6 is 0 Å². The summed E-state index contributed by atoms with van der Waals surface area (Å²) in [5.74, 6) is -1.92. The molecule has 6 rings (SSSR count). The van der Waals surface area contributed by atoms with Crippen molar-refractivity contribution in [3.63, 3.8) is 0 Å². The van der Waals surface area contributed by atoms with Crippen molar-refractivity contribution in [3.05, 3.63) is 156 Å². The molecule has 10 heteroatoms. The Labute approximate surface area is 291 Å². The largest absolute Gasteiger partial charge is 0.480 e. The summed E-state index contributed by atoms with van der Waals surface area (Å²) < 4.78 is 7.13. The van der Waals surface area contributed by atoms with Gasteiger partial charge in [-0.25, -0.2) is 9.78 Å². The lowest BCUT2D eigenvalue weighted by Gasteiger charge is -2.37. The summed E-state index contributed by atoms with van der Waals surface area (Å²) in [5, 5.41) is 15.8. The van der Waals surface area contributed by atoms with E-state index in [-0.39, 0.29) is 25.4 Å². The molecule has 1 aromatic heterocycles. The fourth-order valence-electron chi connectivity index (χ4n) is 6.98. The van der Waals surface area contributed by atoms with E-state index in [0.717, 1.165) is 28.9 Å². The number of carboxylic acids is 1. The Morgan fingerprint density at radius 3 is 2.06 bits per heavy atom. The lowest BCUT2D eigenvalue weighted by molar-refractivity contribution is -0.145. The van der Waals surface area contributed by atoms with Crippen LogP contribution in [-0.4, -0.2) is 76.7 Å². The minimum atomic E-state index is -1.03. The van der Waals surface area contributed by atoms with E-state index in [0.29, 0.717) is 18.7 Å². The molecule has 1 amide bonds. The molecular formula is C40H41N5O5. The highest BCUT2D eigenvalue weighted by molar-refractivity contribution is 5.86. The van der Waals surface area contributed by atoms with E-state index in [1.165, 1.54) is 12.7 Å². The highest BCUT2D eigenvalue weighted by Crippen LogP contribution is 2.41. The first-order valence-electron chi connectivity index (χ1n) is 16.7. The van der Waals surface area contributed by atoms with Crippen molar-refractivity contribution in [2.45, 2.75) is 30.3 Å². The Kier molecular flexibility index (Phi) is 10.7. The standard InChI is InChI=1S/C40H41N5O5/c1-50-39(49)36(43-37(46)26-44(27-38(47)48)22-21-29-24-41-35-20-12-11-19-34(29)35)23-33-25-45(28-42-33)40(30-13-5-2-6-14-30,31-15-7-3-8-16-31)32-17-9-4-10-18-32/h2-20,25,28-29,36,41H,21-24,26-27H2,1H3,(H,43,46)(H,47,48)/t29?,36-/m0/s1. The van der Waals surface area contributed by atoms with Gasteiger partial charge in [0.2, 0.25) is 5.91 Å². The van der Waals surface area contributed by atoms with Gasteiger partial charge in [-0.2, -0.15) is 0 Å². The number of benzene rings is 4. The predicted molar refractivity (Wildman–Crippen MR) is 191 cm³/mol. The predicted octanol–water partition coefficient (Wildman–Crippen LogP) is 4.91. The third-order valence-corrected chi connectivity index (χ3v) is 9.29. The molecule has 0 spiro atoms. The van der Waals surface area contributed by atoms with Crippen LogP contribution in [0.3, 0.4) is 0 Å². The number of amides is 1. The quantitative estimate of drug-likeness (QED) is 0.106. The van der Waals surface area contributed by atoms with E-state index in [4.69, 9.17) is 9.72 Å². The molecule has 50 heavy (non-hydrogen) atoms. The van der Waals surface area contributed by atoms with Gasteiger partial charge < -0.3 is 25.0 Å². The van der Waals surface area contributed by atoms with Gasteiger partial charge in [-0.1, -0.05) is 109 Å². The number of esters is 1. The number of rotatable bonds is 15. The monoisotopic (exact) mass is 671 g/mol. The molecule has 0 aliphatic carbocycles. The topological polar surface area (TPSA) is 126 Å². The molecule has 1 unspecified atom stereocenters. The van der Waals surface area contributed by atoms with E-state index in [2.05, 4.69) is 53.1 Å². The van der Waals surface area contributed by atoms with Crippen LogP contribution in [0.2, 0.25) is 0 Å². The molecule has 10 nitrogen and oxygen atoms in total. The Hall–Kier alpha value is -5.74. The number of carbonyl (C=O) groups is 3. The first-order valence-corrected chi connectivity index (χ1v) is 16.7. The third-order valence-electron chi connectivity index (χ3n) is 9.29. The zero-order valence-corrected chi connectivity index (χ0v) is 27.9. The minimum absolute atomic E-state index is 0.0727. The summed E-state index contributed by atoms with van der Waals surface area (Å²) >= 11 is 0. The number of anilines is 1. The zero-order valence-electron chi connectivity index (χ0n) is 27.9. The number of aliphatic carboxylic acids is 1. The average Bonchev–Trinajstić information content (AvgIpc) is 3.79. The lowest BCUT2D eigenvalue weighted by Crippen LogP contribution is -2.48. The molecule has 0 saturated heterocycles. The normalized spacial score (nSPS) is 14.4. The fraction of sp³-hybridized carbons (Fsp3) is 0.250. The van der Waals surface area contributed by atoms with Gasteiger partial charge in [0.15, 0.2) is 0 Å². The Morgan fingerprint density at radius 1 is 0.900 bits per heavy atom. The van der Waals surface area contributed by atoms with E-state index in [9.17, 15) is 19.5 Å². The Morgan fingerprint density at radius 2 is 1.48 bits per heavy atom. The fourth-order valence-corrected chi connectivity index (χ4v) is 6.98. The number of hydrogen-bond acceptors (Lipinski definition) is 7. The number of carboxylic acid groups (broad SMARTS) is 1. The van der Waals surface area contributed by atoms with Gasteiger partial charge in [0, 0.05) is 30.8 Å². The first kappa shape index (κ1) is 34.1. The second-order valence-corrected chi connectivity index (χ2v) is 12.5. The van der Waals surface area contributed by atoms with Crippen molar-refractivity contribution in [2.24, 2.45) is 0 Å². The summed E-state index contributed by atoms with van der Waals surface area (Å²) in [6.45, 7) is 0.663. The van der Waals surface area contributed by atoms with Crippen LogP contribution in [-0.2, 0) is 31.1 Å². The van der Waals surface area contributed by atoms with Crippen LogP contribution < -0.4 is 10.6 Å². The molecular weight excluding hydrogens is 630 g/mol. The van der Waals surface area contributed by atoms with Crippen molar-refractivity contribution in [3.8, 4) is 0 Å². The van der Waals surface area contributed by atoms with Crippen LogP contribution in [0.25, 0.3) is 0 Å². The number of carbonyl (C=O) groups excluding carboxylic acids is 2. The molecule has 1 aliphatic heterocycles. The van der Waals surface area contributed by atoms with Crippen LogP contribution in [0.1, 0.15) is 40.3 Å². The van der Waals surface area contributed by atoms with Gasteiger partial charge >= 0.3 is 11.9 Å². The molecule has 3 N–H and O–H groups in total. The second kappa shape index (κ2) is 15.7. The molecule has 256 valence electrons. The van der Waals surface area contributed by atoms with Gasteiger partial charge in [-0.15, -0.1) is 0 Å². The highest BCUT2D eigenvalue weighted by Gasteiger charge is 2.38. The molecule has 0 radical (unpaired) electrons. The number of ether oxygens (including phenoxy) is 1. The number of methoxy groups -OCH3 is 1. The number of para-hydroxylation sites is 1. The maximum Gasteiger partial charge on any atom is 0.328 e. The van der Waals surface area contributed by atoms with E-state index in [1.54, 1.807) is 11.2 Å². The van der Waals surface area contributed by atoms with Crippen LogP contribution in [0.4, 0.5) is 5.69 Å². The van der Waals surface area contributed by atoms with Crippen LogP contribution in [0.15, 0.2) is 128 Å². The summed E-state index contributed by atoms with van der Waals surface area (Å²) in [6, 6.07) is 37.5. The van der Waals surface area contributed by atoms with Crippen LogP contribution in [0.5, 0.6) is 0 Å². The second-order valence-electron chi connectivity index (χ2n) is 12.5. The third kappa shape index (κ3) is 7.45. The van der Waals surface area contributed by atoms with Crippen LogP contribution in [0, 0.1) is 0 Å². The number of fused-ring (bicyclic) bond motifs is 1. The molecule has 1 aliphatic rings. The Bertz CT molecular complexity index is 1800. The molecule has 0 fully saturated rings. The molecule has 2 heterocycles. The summed E-state index contributed by atoms with van der Waals surface area (Å²) in [7, 11) is 1.27. The molecule has 5 aromatic rings. The Balaban J connectivity index is 1.23. The lowest BCUT2D eigenvalue weighted by atomic mass is 9.77. The molecule has 0 saturated carbocycles. The first-order chi connectivity index (χ1) is 24.4. The number of nitrogens with zero attached hydrogens (tertiary/aromatic N) is 3. The summed E-state index contributed by atoms with van der Waals surface area (Å²) in [4.78, 5) is 44.4. The molecule has 2 atom stereocenters. The number of hydrogen-bond donors (Lipinski definition) is 3. The SMILES string of the molecule is COC(=O)[C@H](Cc1cn(C(c2ccccc2)(c2ccccc2)c2ccccc2)cn1)NC(=O)CN(CCC1CNc2ccccc21)CC(=O)O. The summed E-state index contributed by atoms with van der Waals surface area (Å²) in [6.07, 6.45) is 4.40.